The summed E-state index contributed by atoms with van der Waals surface area (Å²) in [6.07, 6.45) is 0. The van der Waals surface area contributed by atoms with E-state index in [1.165, 1.54) is 37.3 Å². The minimum absolute atomic E-state index is 0.0186. The third kappa shape index (κ3) is 8.41. The van der Waals surface area contributed by atoms with E-state index in [2.05, 4.69) is 5.32 Å². The minimum atomic E-state index is -4.22. The molecule has 0 heterocycles. The molecule has 3 rings (SSSR count). The predicted octanol–water partition coefficient (Wildman–Crippen LogP) is 4.41. The van der Waals surface area contributed by atoms with E-state index in [1.807, 2.05) is 20.8 Å². The molecule has 0 unspecified atom stereocenters. The summed E-state index contributed by atoms with van der Waals surface area (Å²) in [5.74, 6) is 0.660. The number of hydrogen-bond acceptors (Lipinski definition) is 7. The maximum Gasteiger partial charge on any atom is 0.264 e. The Labute approximate surface area is 254 Å². The van der Waals surface area contributed by atoms with E-state index < -0.39 is 28.5 Å². The number of nitrogens with zero attached hydrogens (tertiary/aromatic N) is 2. The average Bonchev–Trinajstić information content (AvgIpc) is 3.00. The Bertz CT molecular complexity index is 1490. The van der Waals surface area contributed by atoms with Gasteiger partial charge in [-0.1, -0.05) is 43.7 Å². The van der Waals surface area contributed by atoms with E-state index >= 15 is 0 Å². The van der Waals surface area contributed by atoms with E-state index in [0.29, 0.717) is 23.8 Å². The Morgan fingerprint density at radius 3 is 2.02 bits per heavy atom. The lowest BCUT2D eigenvalue weighted by Crippen LogP contribution is -2.51. The van der Waals surface area contributed by atoms with Crippen LogP contribution in [0, 0.1) is 12.8 Å². The number of hydrogen-bond donors (Lipinski definition) is 1. The number of aryl methyl sites for hydroxylation is 1. The number of ether oxygens (including phenoxy) is 3. The molecule has 232 valence electrons. The highest BCUT2D eigenvalue weighted by molar-refractivity contribution is 7.92. The molecule has 1 atom stereocenters. The van der Waals surface area contributed by atoms with Crippen LogP contribution in [0.4, 0.5) is 5.69 Å². The molecule has 0 fully saturated rings. The Morgan fingerprint density at radius 2 is 1.47 bits per heavy atom. The lowest BCUT2D eigenvalue weighted by Gasteiger charge is -2.32. The van der Waals surface area contributed by atoms with Crippen LogP contribution in [0.2, 0.25) is 0 Å². The smallest absolute Gasteiger partial charge is 0.264 e. The molecule has 1 N–H and O–H groups in total. The van der Waals surface area contributed by atoms with Gasteiger partial charge in [0.25, 0.3) is 10.0 Å². The van der Waals surface area contributed by atoms with E-state index in [4.69, 9.17) is 14.2 Å². The molecule has 0 saturated heterocycles. The number of carbonyl (C=O) groups is 2. The first-order valence-corrected chi connectivity index (χ1v) is 15.4. The number of benzene rings is 3. The molecular formula is C32H41N3O7S. The molecule has 43 heavy (non-hydrogen) atoms. The van der Waals surface area contributed by atoms with E-state index in [9.17, 15) is 18.0 Å². The van der Waals surface area contributed by atoms with E-state index in [-0.39, 0.29) is 29.0 Å². The zero-order valence-corrected chi connectivity index (χ0v) is 26.6. The first-order chi connectivity index (χ1) is 20.4. The van der Waals surface area contributed by atoms with Crippen LogP contribution in [0.25, 0.3) is 0 Å². The highest BCUT2D eigenvalue weighted by Gasteiger charge is 2.33. The van der Waals surface area contributed by atoms with Crippen molar-refractivity contribution in [3.63, 3.8) is 0 Å². The van der Waals surface area contributed by atoms with Gasteiger partial charge in [-0.25, -0.2) is 8.42 Å². The van der Waals surface area contributed by atoms with Crippen LogP contribution in [0.1, 0.15) is 31.9 Å². The fourth-order valence-corrected chi connectivity index (χ4v) is 5.71. The van der Waals surface area contributed by atoms with Crippen molar-refractivity contribution in [2.24, 2.45) is 5.92 Å². The monoisotopic (exact) mass is 611 g/mol. The third-order valence-corrected chi connectivity index (χ3v) is 8.69. The minimum Gasteiger partial charge on any atom is -0.497 e. The van der Waals surface area contributed by atoms with Gasteiger partial charge in [0.15, 0.2) is 11.5 Å². The maximum atomic E-state index is 14.1. The van der Waals surface area contributed by atoms with Crippen molar-refractivity contribution in [2.75, 3.05) is 38.7 Å². The van der Waals surface area contributed by atoms with Crippen LogP contribution < -0.4 is 23.8 Å². The molecule has 3 aromatic rings. The zero-order valence-electron chi connectivity index (χ0n) is 25.8. The lowest BCUT2D eigenvalue weighted by molar-refractivity contribution is -0.139. The molecule has 3 aromatic carbocycles. The van der Waals surface area contributed by atoms with Crippen LogP contribution in [-0.4, -0.2) is 65.6 Å². The third-order valence-electron chi connectivity index (χ3n) is 6.91. The van der Waals surface area contributed by atoms with Crippen molar-refractivity contribution in [1.82, 2.24) is 10.2 Å². The largest absolute Gasteiger partial charge is 0.497 e. The number of carbonyl (C=O) groups excluding carboxylic acids is 2. The van der Waals surface area contributed by atoms with Gasteiger partial charge in [0.2, 0.25) is 11.8 Å². The van der Waals surface area contributed by atoms with Gasteiger partial charge >= 0.3 is 0 Å². The highest BCUT2D eigenvalue weighted by Crippen LogP contribution is 2.34. The Balaban J connectivity index is 2.07. The summed E-state index contributed by atoms with van der Waals surface area (Å²) in [6, 6.07) is 17.3. The fourth-order valence-electron chi connectivity index (χ4n) is 4.31. The number of sulfonamides is 1. The average molecular weight is 612 g/mol. The molecule has 0 aliphatic rings. The van der Waals surface area contributed by atoms with Crippen LogP contribution in [0.5, 0.6) is 17.2 Å². The maximum absolute atomic E-state index is 14.1. The van der Waals surface area contributed by atoms with Gasteiger partial charge < -0.3 is 24.4 Å². The van der Waals surface area contributed by atoms with Crippen LogP contribution in [0.15, 0.2) is 71.6 Å². The molecule has 10 nitrogen and oxygen atoms in total. The fraction of sp³-hybridized carbons (Fsp3) is 0.375. The number of anilines is 1. The van der Waals surface area contributed by atoms with Crippen molar-refractivity contribution < 1.29 is 32.2 Å². The molecule has 2 amide bonds. The topological polar surface area (TPSA) is 114 Å². The molecule has 0 bridgehead atoms. The standard InChI is InChI=1S/C32H41N3O7S/c1-22(2)19-33-32(37)24(4)34(20-25-10-13-27(40-5)14-11-25)31(36)21-35(26-12-17-29(41-6)30(18-26)42-7)43(38,39)28-15-8-23(3)9-16-28/h8-18,22,24H,19-21H2,1-7H3,(H,33,37)/t24-/m1/s1. The number of methoxy groups -OCH3 is 3. The van der Waals surface area contributed by atoms with Crippen LogP contribution in [-0.2, 0) is 26.2 Å². The molecule has 0 aliphatic carbocycles. The number of amides is 2. The van der Waals surface area contributed by atoms with Crippen molar-refractivity contribution in [3.05, 3.63) is 77.9 Å². The summed E-state index contributed by atoms with van der Waals surface area (Å²) >= 11 is 0. The normalized spacial score (nSPS) is 11.9. The molecular weight excluding hydrogens is 570 g/mol. The van der Waals surface area contributed by atoms with Crippen molar-refractivity contribution in [2.45, 2.75) is 45.2 Å². The zero-order chi connectivity index (χ0) is 31.7. The summed E-state index contributed by atoms with van der Waals surface area (Å²) in [4.78, 5) is 28.7. The molecule has 0 radical (unpaired) electrons. The second kappa shape index (κ2) is 14.8. The van der Waals surface area contributed by atoms with Crippen molar-refractivity contribution >= 4 is 27.5 Å². The summed E-state index contributed by atoms with van der Waals surface area (Å²) < 4.78 is 45.1. The molecule has 0 aromatic heterocycles. The summed E-state index contributed by atoms with van der Waals surface area (Å²) in [6.45, 7) is 7.38. The summed E-state index contributed by atoms with van der Waals surface area (Å²) in [7, 11) is 0.259. The first-order valence-electron chi connectivity index (χ1n) is 13.9. The van der Waals surface area contributed by atoms with Gasteiger partial charge in [0, 0.05) is 19.2 Å². The lowest BCUT2D eigenvalue weighted by atomic mass is 10.1. The van der Waals surface area contributed by atoms with Crippen LogP contribution in [0.3, 0.4) is 0 Å². The number of rotatable bonds is 14. The molecule has 11 heteroatoms. The summed E-state index contributed by atoms with van der Waals surface area (Å²) in [5, 5.41) is 2.88. The second-order valence-corrected chi connectivity index (χ2v) is 12.4. The van der Waals surface area contributed by atoms with Gasteiger partial charge in [-0.05, 0) is 61.7 Å². The SMILES string of the molecule is COc1ccc(CN(C(=O)CN(c2ccc(OC)c(OC)c2)S(=O)(=O)c2ccc(C)cc2)[C@H](C)C(=O)NCC(C)C)cc1. The van der Waals surface area contributed by atoms with Gasteiger partial charge in [0.05, 0.1) is 31.9 Å². The van der Waals surface area contributed by atoms with E-state index in [1.54, 1.807) is 62.6 Å². The van der Waals surface area contributed by atoms with Gasteiger partial charge in [0.1, 0.15) is 18.3 Å². The Morgan fingerprint density at radius 1 is 0.837 bits per heavy atom. The molecule has 0 aliphatic heterocycles. The molecule has 0 spiro atoms. The van der Waals surface area contributed by atoms with Gasteiger partial charge in [-0.15, -0.1) is 0 Å². The van der Waals surface area contributed by atoms with Gasteiger partial charge in [-0.2, -0.15) is 0 Å². The Hall–Kier alpha value is -4.25. The summed E-state index contributed by atoms with van der Waals surface area (Å²) in [5.41, 5.74) is 1.84. The van der Waals surface area contributed by atoms with Crippen LogP contribution >= 0.6 is 0 Å². The van der Waals surface area contributed by atoms with E-state index in [0.717, 1.165) is 15.4 Å². The Kier molecular flexibility index (Phi) is 11.4. The second-order valence-electron chi connectivity index (χ2n) is 10.5. The number of nitrogens with one attached hydrogen (secondary N) is 1. The highest BCUT2D eigenvalue weighted by atomic mass is 32.2. The van der Waals surface area contributed by atoms with Crippen molar-refractivity contribution in [1.29, 1.82) is 0 Å². The predicted molar refractivity (Wildman–Crippen MR) is 166 cm³/mol. The van der Waals surface area contributed by atoms with Gasteiger partial charge in [-0.3, -0.25) is 13.9 Å². The quantitative estimate of drug-likeness (QED) is 0.287. The molecule has 0 saturated carbocycles. The first kappa shape index (κ1) is 33.3. The van der Waals surface area contributed by atoms with Crippen molar-refractivity contribution in [3.8, 4) is 17.2 Å².